The molecule has 0 aliphatic carbocycles. The minimum absolute atomic E-state index is 0.311. The normalized spacial score (nSPS) is 12.2. The van der Waals surface area contributed by atoms with Crippen LogP contribution in [0.2, 0.25) is 0 Å². The SMILES string of the molecule is CCOc1cccc(C(O)c2ccc(F)cc2)c1. The number of aliphatic hydroxyl groups excluding tert-OH is 1. The lowest BCUT2D eigenvalue weighted by Crippen LogP contribution is -2.00. The predicted octanol–water partition coefficient (Wildman–Crippen LogP) is 3.31. The molecule has 0 saturated carbocycles. The van der Waals surface area contributed by atoms with Crippen molar-refractivity contribution in [1.82, 2.24) is 0 Å². The Morgan fingerprint density at radius 1 is 1.11 bits per heavy atom. The monoisotopic (exact) mass is 246 g/mol. The molecule has 2 nitrogen and oxygen atoms in total. The summed E-state index contributed by atoms with van der Waals surface area (Å²) in [7, 11) is 0. The average Bonchev–Trinajstić information content (AvgIpc) is 2.39. The molecule has 0 aliphatic heterocycles. The molecule has 18 heavy (non-hydrogen) atoms. The summed E-state index contributed by atoms with van der Waals surface area (Å²) < 4.78 is 18.2. The third-order valence-electron chi connectivity index (χ3n) is 2.67. The van der Waals surface area contributed by atoms with E-state index < -0.39 is 6.10 Å². The Morgan fingerprint density at radius 3 is 2.50 bits per heavy atom. The minimum atomic E-state index is -0.772. The van der Waals surface area contributed by atoms with E-state index in [2.05, 4.69) is 0 Å². The molecule has 1 atom stereocenters. The fourth-order valence-corrected chi connectivity index (χ4v) is 1.78. The second-order valence-electron chi connectivity index (χ2n) is 3.96. The van der Waals surface area contributed by atoms with Crippen LogP contribution >= 0.6 is 0 Å². The fraction of sp³-hybridized carbons (Fsp3) is 0.200. The summed E-state index contributed by atoms with van der Waals surface area (Å²) >= 11 is 0. The summed E-state index contributed by atoms with van der Waals surface area (Å²) in [5.74, 6) is 0.408. The molecular weight excluding hydrogens is 231 g/mol. The van der Waals surface area contributed by atoms with Gasteiger partial charge in [0.25, 0.3) is 0 Å². The van der Waals surface area contributed by atoms with E-state index in [9.17, 15) is 9.50 Å². The molecular formula is C15H15FO2. The third kappa shape index (κ3) is 2.87. The Labute approximate surface area is 106 Å². The van der Waals surface area contributed by atoms with E-state index in [4.69, 9.17) is 4.74 Å². The Balaban J connectivity index is 2.24. The second-order valence-corrected chi connectivity index (χ2v) is 3.96. The zero-order valence-corrected chi connectivity index (χ0v) is 10.1. The number of ether oxygens (including phenoxy) is 1. The van der Waals surface area contributed by atoms with Gasteiger partial charge < -0.3 is 9.84 Å². The van der Waals surface area contributed by atoms with Crippen molar-refractivity contribution < 1.29 is 14.2 Å². The van der Waals surface area contributed by atoms with Crippen LogP contribution in [0.25, 0.3) is 0 Å². The highest BCUT2D eigenvalue weighted by molar-refractivity contribution is 5.35. The third-order valence-corrected chi connectivity index (χ3v) is 2.67. The van der Waals surface area contributed by atoms with Gasteiger partial charge in [0.2, 0.25) is 0 Å². The van der Waals surface area contributed by atoms with Crippen LogP contribution in [-0.4, -0.2) is 11.7 Å². The molecule has 2 rings (SSSR count). The van der Waals surface area contributed by atoms with Crippen molar-refractivity contribution in [2.24, 2.45) is 0 Å². The summed E-state index contributed by atoms with van der Waals surface area (Å²) in [5, 5.41) is 10.2. The molecule has 94 valence electrons. The number of benzene rings is 2. The van der Waals surface area contributed by atoms with Crippen molar-refractivity contribution in [3.63, 3.8) is 0 Å². The molecule has 0 bridgehead atoms. The Hall–Kier alpha value is -1.87. The largest absolute Gasteiger partial charge is 0.494 e. The van der Waals surface area contributed by atoms with E-state index >= 15 is 0 Å². The summed E-state index contributed by atoms with van der Waals surface area (Å²) in [6.07, 6.45) is -0.772. The quantitative estimate of drug-likeness (QED) is 0.896. The molecule has 1 N–H and O–H groups in total. The van der Waals surface area contributed by atoms with Crippen LogP contribution in [0.5, 0.6) is 5.75 Å². The van der Waals surface area contributed by atoms with E-state index in [1.807, 2.05) is 25.1 Å². The maximum atomic E-state index is 12.8. The Morgan fingerprint density at radius 2 is 1.83 bits per heavy atom. The zero-order valence-electron chi connectivity index (χ0n) is 10.1. The van der Waals surface area contributed by atoms with Crippen molar-refractivity contribution in [3.05, 3.63) is 65.5 Å². The van der Waals surface area contributed by atoms with Gasteiger partial charge >= 0.3 is 0 Å². The maximum absolute atomic E-state index is 12.8. The van der Waals surface area contributed by atoms with E-state index in [0.717, 1.165) is 11.3 Å². The first kappa shape index (κ1) is 12.6. The molecule has 0 fully saturated rings. The lowest BCUT2D eigenvalue weighted by atomic mass is 10.0. The first-order valence-corrected chi connectivity index (χ1v) is 5.87. The number of halogens is 1. The maximum Gasteiger partial charge on any atom is 0.123 e. The Kier molecular flexibility index (Phi) is 3.95. The molecule has 2 aromatic rings. The second kappa shape index (κ2) is 5.65. The van der Waals surface area contributed by atoms with E-state index in [1.54, 1.807) is 18.2 Å². The van der Waals surface area contributed by atoms with E-state index in [-0.39, 0.29) is 5.82 Å². The van der Waals surface area contributed by atoms with Crippen LogP contribution in [0.4, 0.5) is 4.39 Å². The highest BCUT2D eigenvalue weighted by Crippen LogP contribution is 2.25. The molecule has 0 saturated heterocycles. The lowest BCUT2D eigenvalue weighted by Gasteiger charge is -2.13. The van der Waals surface area contributed by atoms with Crippen LogP contribution in [0.15, 0.2) is 48.5 Å². The summed E-state index contributed by atoms with van der Waals surface area (Å²) in [6, 6.07) is 13.1. The molecule has 0 heterocycles. The van der Waals surface area contributed by atoms with Crippen LogP contribution in [-0.2, 0) is 0 Å². The van der Waals surface area contributed by atoms with Gasteiger partial charge in [-0.15, -0.1) is 0 Å². The van der Waals surface area contributed by atoms with Crippen molar-refractivity contribution in [1.29, 1.82) is 0 Å². The van der Waals surface area contributed by atoms with Crippen LogP contribution in [0.3, 0.4) is 0 Å². The molecule has 2 aromatic carbocycles. The first-order valence-electron chi connectivity index (χ1n) is 5.87. The van der Waals surface area contributed by atoms with Gasteiger partial charge in [-0.1, -0.05) is 24.3 Å². The summed E-state index contributed by atoms with van der Waals surface area (Å²) in [5.41, 5.74) is 1.39. The van der Waals surface area contributed by atoms with Gasteiger partial charge in [0.15, 0.2) is 0 Å². The highest BCUT2D eigenvalue weighted by Gasteiger charge is 2.11. The topological polar surface area (TPSA) is 29.5 Å². The first-order chi connectivity index (χ1) is 8.70. The smallest absolute Gasteiger partial charge is 0.123 e. The van der Waals surface area contributed by atoms with Crippen molar-refractivity contribution >= 4 is 0 Å². The van der Waals surface area contributed by atoms with Gasteiger partial charge in [-0.3, -0.25) is 0 Å². The molecule has 0 spiro atoms. The minimum Gasteiger partial charge on any atom is -0.494 e. The molecule has 1 unspecified atom stereocenters. The zero-order chi connectivity index (χ0) is 13.0. The molecule has 3 heteroatoms. The highest BCUT2D eigenvalue weighted by atomic mass is 19.1. The standard InChI is InChI=1S/C15H15FO2/c1-2-18-14-5-3-4-12(10-14)15(17)11-6-8-13(16)9-7-11/h3-10,15,17H,2H2,1H3. The Bertz CT molecular complexity index is 508. The number of hydrogen-bond donors (Lipinski definition) is 1. The molecule has 0 radical (unpaired) electrons. The van der Waals surface area contributed by atoms with E-state index in [1.165, 1.54) is 12.1 Å². The average molecular weight is 246 g/mol. The van der Waals surface area contributed by atoms with Gasteiger partial charge in [-0.2, -0.15) is 0 Å². The van der Waals surface area contributed by atoms with Crippen molar-refractivity contribution in [2.45, 2.75) is 13.0 Å². The predicted molar refractivity (Wildman–Crippen MR) is 68.1 cm³/mol. The van der Waals surface area contributed by atoms with E-state index in [0.29, 0.717) is 12.2 Å². The molecule has 0 aromatic heterocycles. The van der Waals surface area contributed by atoms with Gasteiger partial charge in [0, 0.05) is 0 Å². The van der Waals surface area contributed by atoms with Crippen LogP contribution in [0.1, 0.15) is 24.2 Å². The molecule has 0 aliphatic rings. The van der Waals surface area contributed by atoms with Crippen molar-refractivity contribution in [2.75, 3.05) is 6.61 Å². The van der Waals surface area contributed by atoms with Gasteiger partial charge in [0.05, 0.1) is 6.61 Å². The van der Waals surface area contributed by atoms with Crippen molar-refractivity contribution in [3.8, 4) is 5.75 Å². The number of hydrogen-bond acceptors (Lipinski definition) is 2. The van der Waals surface area contributed by atoms with Gasteiger partial charge in [0.1, 0.15) is 17.7 Å². The summed E-state index contributed by atoms with van der Waals surface area (Å²) in [4.78, 5) is 0. The molecule has 0 amide bonds. The lowest BCUT2D eigenvalue weighted by molar-refractivity contribution is 0.219. The van der Waals surface area contributed by atoms with Gasteiger partial charge in [-0.25, -0.2) is 4.39 Å². The van der Waals surface area contributed by atoms with Crippen LogP contribution in [0, 0.1) is 5.82 Å². The number of aliphatic hydroxyl groups is 1. The van der Waals surface area contributed by atoms with Crippen LogP contribution < -0.4 is 4.74 Å². The van der Waals surface area contributed by atoms with Gasteiger partial charge in [-0.05, 0) is 42.3 Å². The number of rotatable bonds is 4. The fourth-order valence-electron chi connectivity index (χ4n) is 1.78. The summed E-state index contributed by atoms with van der Waals surface area (Å²) in [6.45, 7) is 2.49.